The zero-order valence-corrected chi connectivity index (χ0v) is 20.7. The third-order valence-electron chi connectivity index (χ3n) is 6.19. The van der Waals surface area contributed by atoms with Crippen LogP contribution in [0.4, 0.5) is 18.9 Å². The van der Waals surface area contributed by atoms with Gasteiger partial charge in [-0.25, -0.2) is 22.7 Å². The fourth-order valence-electron chi connectivity index (χ4n) is 4.32. The maximum absolute atomic E-state index is 14.0. The van der Waals surface area contributed by atoms with Gasteiger partial charge in [0.1, 0.15) is 22.8 Å². The molecule has 3 heterocycles. The minimum atomic E-state index is -2.87. The van der Waals surface area contributed by atoms with Crippen molar-refractivity contribution in [2.45, 2.75) is 26.8 Å². The highest BCUT2D eigenvalue weighted by Gasteiger charge is 2.24. The molecular weight excluding hydrogens is 497 g/mol. The van der Waals surface area contributed by atoms with Gasteiger partial charge >= 0.3 is 0 Å². The van der Waals surface area contributed by atoms with Crippen molar-refractivity contribution in [3.8, 4) is 17.0 Å². The number of carbonyl (C=O) groups is 1. The highest BCUT2D eigenvalue weighted by molar-refractivity contribution is 6.08. The zero-order chi connectivity index (χ0) is 27.0. The predicted octanol–water partition coefficient (Wildman–Crippen LogP) is 5.60. The quantitative estimate of drug-likeness (QED) is 0.302. The van der Waals surface area contributed by atoms with Crippen molar-refractivity contribution in [1.29, 1.82) is 0 Å². The zero-order valence-electron chi connectivity index (χ0n) is 20.7. The molecule has 11 heteroatoms. The predicted molar refractivity (Wildman–Crippen MR) is 135 cm³/mol. The molecule has 0 saturated carbocycles. The largest absolute Gasteiger partial charge is 0.496 e. The number of para-hydroxylation sites is 1. The summed E-state index contributed by atoms with van der Waals surface area (Å²) in [5.41, 5.74) is 2.65. The number of aryl methyl sites for hydroxylation is 1. The first kappa shape index (κ1) is 25.0. The van der Waals surface area contributed by atoms with Crippen molar-refractivity contribution in [3.63, 3.8) is 0 Å². The molecule has 0 aliphatic rings. The van der Waals surface area contributed by atoms with Gasteiger partial charge in [-0.2, -0.15) is 10.2 Å². The molecule has 1 N–H and O–H groups in total. The summed E-state index contributed by atoms with van der Waals surface area (Å²) >= 11 is 0. The molecule has 0 fully saturated rings. The molecule has 0 bridgehead atoms. The average molecular weight is 521 g/mol. The number of alkyl halides is 2. The van der Waals surface area contributed by atoms with Gasteiger partial charge in [-0.3, -0.25) is 9.48 Å². The van der Waals surface area contributed by atoms with E-state index < -0.39 is 18.0 Å². The van der Waals surface area contributed by atoms with Crippen LogP contribution in [0.25, 0.3) is 16.9 Å². The van der Waals surface area contributed by atoms with Crippen molar-refractivity contribution >= 4 is 17.2 Å². The number of carbonyl (C=O) groups excluding carboxylic acids is 1. The summed E-state index contributed by atoms with van der Waals surface area (Å²) in [5, 5.41) is 11.3. The van der Waals surface area contributed by atoms with Crippen LogP contribution >= 0.6 is 0 Å². The molecule has 0 atom stereocenters. The summed E-state index contributed by atoms with van der Waals surface area (Å²) < 4.78 is 49.6. The number of halogens is 3. The molecule has 0 saturated heterocycles. The number of rotatable bonds is 7. The monoisotopic (exact) mass is 520 g/mol. The Morgan fingerprint density at radius 3 is 2.63 bits per heavy atom. The molecule has 5 rings (SSSR count). The van der Waals surface area contributed by atoms with Crippen molar-refractivity contribution in [1.82, 2.24) is 24.4 Å². The number of hydrogen-bond donors (Lipinski definition) is 1. The van der Waals surface area contributed by atoms with Crippen LogP contribution in [0, 0.1) is 19.7 Å². The van der Waals surface area contributed by atoms with E-state index in [1.54, 1.807) is 54.9 Å². The number of fused-ring (bicyclic) bond motifs is 1. The molecule has 0 aliphatic heterocycles. The van der Waals surface area contributed by atoms with E-state index in [0.29, 0.717) is 40.5 Å². The molecule has 194 valence electrons. The summed E-state index contributed by atoms with van der Waals surface area (Å²) in [6, 6.07) is 14.3. The van der Waals surface area contributed by atoms with E-state index in [-0.39, 0.29) is 22.7 Å². The first-order valence-corrected chi connectivity index (χ1v) is 11.7. The minimum Gasteiger partial charge on any atom is -0.496 e. The molecule has 8 nitrogen and oxygen atoms in total. The van der Waals surface area contributed by atoms with Gasteiger partial charge in [0.2, 0.25) is 0 Å². The summed E-state index contributed by atoms with van der Waals surface area (Å²) in [6.07, 6.45) is -1.66. The molecular formula is C27H23F3N6O2. The maximum Gasteiger partial charge on any atom is 0.280 e. The molecule has 0 spiro atoms. The lowest BCUT2D eigenvalue weighted by Crippen LogP contribution is -2.14. The second-order valence-corrected chi connectivity index (χ2v) is 8.65. The smallest absolute Gasteiger partial charge is 0.280 e. The minimum absolute atomic E-state index is 0.0142. The van der Waals surface area contributed by atoms with E-state index >= 15 is 0 Å². The Labute approximate surface area is 215 Å². The van der Waals surface area contributed by atoms with Crippen molar-refractivity contribution in [2.24, 2.45) is 0 Å². The third-order valence-corrected chi connectivity index (χ3v) is 6.19. The van der Waals surface area contributed by atoms with E-state index in [0.717, 1.165) is 4.52 Å². The number of aromatic nitrogens is 5. The molecule has 38 heavy (non-hydrogen) atoms. The molecule has 5 aromatic rings. The summed E-state index contributed by atoms with van der Waals surface area (Å²) in [5.74, 6) is -0.484. The topological polar surface area (TPSA) is 86.3 Å². The number of methoxy groups -OCH3 is 1. The molecule has 0 aliphatic carbocycles. The lowest BCUT2D eigenvalue weighted by atomic mass is 10.1. The second kappa shape index (κ2) is 10.0. The number of ether oxygens (including phenoxy) is 1. The van der Waals surface area contributed by atoms with Crippen LogP contribution in [0.1, 0.15) is 39.4 Å². The fourth-order valence-corrected chi connectivity index (χ4v) is 4.32. The third kappa shape index (κ3) is 4.58. The van der Waals surface area contributed by atoms with Gasteiger partial charge in [0.25, 0.3) is 12.3 Å². The van der Waals surface area contributed by atoms with Crippen LogP contribution in [0.5, 0.6) is 5.75 Å². The molecule has 3 aromatic heterocycles. The van der Waals surface area contributed by atoms with E-state index in [2.05, 4.69) is 20.5 Å². The van der Waals surface area contributed by atoms with E-state index in [9.17, 15) is 18.0 Å². The number of amides is 1. The van der Waals surface area contributed by atoms with Crippen LogP contribution in [0.2, 0.25) is 0 Å². The Hall–Kier alpha value is -4.67. The summed E-state index contributed by atoms with van der Waals surface area (Å²) in [7, 11) is 1.47. The second-order valence-electron chi connectivity index (χ2n) is 8.65. The Bertz CT molecular complexity index is 1660. The highest BCUT2D eigenvalue weighted by Crippen LogP contribution is 2.32. The Morgan fingerprint density at radius 2 is 1.89 bits per heavy atom. The van der Waals surface area contributed by atoms with Crippen LogP contribution in [-0.2, 0) is 6.54 Å². The highest BCUT2D eigenvalue weighted by atomic mass is 19.3. The molecule has 2 aromatic carbocycles. The van der Waals surface area contributed by atoms with Crippen LogP contribution < -0.4 is 10.1 Å². The van der Waals surface area contributed by atoms with Gasteiger partial charge in [-0.05, 0) is 49.7 Å². The van der Waals surface area contributed by atoms with Crippen molar-refractivity contribution in [3.05, 3.63) is 94.8 Å². The SMILES string of the molecule is COc1ccccc1-c1cc(C(F)F)n2ncc(C(=O)Nc3c(C)nn(Cc4cccc(F)c4)c3C)c2n1. The average Bonchev–Trinajstić information content (AvgIpc) is 3.44. The van der Waals surface area contributed by atoms with E-state index in [1.165, 1.54) is 31.5 Å². The number of hydrogen-bond acceptors (Lipinski definition) is 5. The lowest BCUT2D eigenvalue weighted by Gasteiger charge is -2.11. The molecule has 0 unspecified atom stereocenters. The summed E-state index contributed by atoms with van der Waals surface area (Å²) in [6.45, 7) is 3.81. The van der Waals surface area contributed by atoms with Crippen molar-refractivity contribution in [2.75, 3.05) is 12.4 Å². The summed E-state index contributed by atoms with van der Waals surface area (Å²) in [4.78, 5) is 17.9. The van der Waals surface area contributed by atoms with Gasteiger partial charge in [0.05, 0.1) is 42.6 Å². The van der Waals surface area contributed by atoms with E-state index in [4.69, 9.17) is 4.74 Å². The lowest BCUT2D eigenvalue weighted by molar-refractivity contribution is 0.102. The van der Waals surface area contributed by atoms with E-state index in [1.807, 2.05) is 0 Å². The van der Waals surface area contributed by atoms with Crippen LogP contribution in [0.15, 0.2) is 60.8 Å². The molecule has 0 radical (unpaired) electrons. The number of nitrogens with zero attached hydrogens (tertiary/aromatic N) is 5. The number of anilines is 1. The standard InChI is InChI=1S/C27H23F3N6O2/c1-15-24(16(2)35(34-15)14-17-7-6-8-18(28)11-17)33-27(37)20-13-31-36-22(25(29)30)12-21(32-26(20)36)19-9-4-5-10-23(19)38-3/h4-13,25H,14H2,1-3H3,(H,33,37). The number of nitrogens with one attached hydrogen (secondary N) is 1. The Morgan fingerprint density at radius 1 is 1.11 bits per heavy atom. The van der Waals surface area contributed by atoms with Crippen LogP contribution in [0.3, 0.4) is 0 Å². The van der Waals surface area contributed by atoms with Gasteiger partial charge in [-0.15, -0.1) is 0 Å². The Balaban J connectivity index is 1.52. The first-order chi connectivity index (χ1) is 18.3. The maximum atomic E-state index is 14.0. The van der Waals surface area contributed by atoms with Crippen molar-refractivity contribution < 1.29 is 22.7 Å². The first-order valence-electron chi connectivity index (χ1n) is 11.7. The van der Waals surface area contributed by atoms with Crippen LogP contribution in [-0.4, -0.2) is 37.4 Å². The fraction of sp³-hybridized carbons (Fsp3) is 0.185. The molecule has 1 amide bonds. The Kier molecular flexibility index (Phi) is 6.58. The normalized spacial score (nSPS) is 11.3. The van der Waals surface area contributed by atoms with Gasteiger partial charge in [-0.1, -0.05) is 24.3 Å². The van der Waals surface area contributed by atoms with Gasteiger partial charge < -0.3 is 10.1 Å². The number of benzene rings is 2. The van der Waals surface area contributed by atoms with Gasteiger partial charge in [0.15, 0.2) is 5.65 Å². The van der Waals surface area contributed by atoms with Gasteiger partial charge in [0, 0.05) is 5.56 Å².